The van der Waals surface area contributed by atoms with Crippen molar-refractivity contribution >= 4 is 51.3 Å². The predicted molar refractivity (Wildman–Crippen MR) is 119 cm³/mol. The Morgan fingerprint density at radius 2 is 2.09 bits per heavy atom. The number of hydrogen-bond acceptors (Lipinski definition) is 13. The molecule has 4 rings (SSSR count). The molecule has 0 aliphatic carbocycles. The molecule has 1 unspecified atom stereocenters. The van der Waals surface area contributed by atoms with Gasteiger partial charge in [0.05, 0.1) is 12.8 Å². The largest absolute Gasteiger partial charge is 0.479 e. The first-order chi connectivity index (χ1) is 16.6. The number of hydrogen-bond donors (Lipinski definition) is 3. The normalized spacial score (nSPS) is 21.7. The maximum Gasteiger partial charge on any atom is 0.330 e. The fourth-order valence-corrected chi connectivity index (χ4v) is 6.07. The highest BCUT2D eigenvalue weighted by Gasteiger charge is 2.55. The van der Waals surface area contributed by atoms with Crippen LogP contribution in [0.25, 0.3) is 0 Å². The number of fused-ring (bicyclic) bond motifs is 1. The van der Waals surface area contributed by atoms with Gasteiger partial charge in [-0.1, -0.05) is 11.8 Å². The Kier molecular flexibility index (Phi) is 7.33. The number of thioether (sulfide) groups is 2. The number of nitrogens with one attached hydrogen (secondary N) is 2. The zero-order valence-electron chi connectivity index (χ0n) is 18.0. The van der Waals surface area contributed by atoms with Crippen LogP contribution < -0.4 is 10.0 Å². The number of aliphatic carboxylic acids is 1. The molecule has 0 saturated carbocycles. The molecular weight excluding hydrogens is 526 g/mol. The number of rotatable bonds is 11. The number of nitrogens with zero attached hydrogens (tertiary/aromatic N) is 9. The zero-order chi connectivity index (χ0) is 25.2. The molecule has 4 heterocycles. The van der Waals surface area contributed by atoms with Crippen LogP contribution in [-0.2, 0) is 37.5 Å². The van der Waals surface area contributed by atoms with E-state index in [1.54, 1.807) is 5.41 Å². The summed E-state index contributed by atoms with van der Waals surface area (Å²) in [6.45, 7) is 0.0815. The topological polar surface area (TPSA) is 220 Å². The number of amides is 2. The van der Waals surface area contributed by atoms with Gasteiger partial charge in [-0.15, -0.1) is 22.0 Å². The van der Waals surface area contributed by atoms with Crippen molar-refractivity contribution in [1.82, 2.24) is 55.4 Å². The number of tetrazole rings is 2. The van der Waals surface area contributed by atoms with E-state index in [1.165, 1.54) is 32.4 Å². The van der Waals surface area contributed by atoms with Crippen LogP contribution >= 0.6 is 23.5 Å². The van der Waals surface area contributed by atoms with E-state index < -0.39 is 45.3 Å². The van der Waals surface area contributed by atoms with Gasteiger partial charge in [0.2, 0.25) is 27.0 Å². The second-order valence-electron chi connectivity index (χ2n) is 7.40. The number of β-lactam (4-membered cyclic amide) rings is 1. The van der Waals surface area contributed by atoms with Crippen LogP contribution in [0.15, 0.2) is 22.5 Å². The zero-order valence-corrected chi connectivity index (χ0v) is 20.4. The molecule has 2 aromatic rings. The lowest BCUT2D eigenvalue weighted by molar-refractivity contribution is -0.160. The molecule has 2 aliphatic heterocycles. The van der Waals surface area contributed by atoms with Crippen LogP contribution in [0, 0.1) is 0 Å². The highest BCUT2D eigenvalue weighted by Crippen LogP contribution is 2.41. The predicted octanol–water partition coefficient (Wildman–Crippen LogP) is -3.26. The maximum absolute atomic E-state index is 12.7. The van der Waals surface area contributed by atoms with E-state index in [4.69, 9.17) is 0 Å². The van der Waals surface area contributed by atoms with E-state index in [2.05, 4.69) is 41.1 Å². The second kappa shape index (κ2) is 10.3. The lowest BCUT2D eigenvalue weighted by Gasteiger charge is -2.51. The molecule has 2 aromatic heterocycles. The molecule has 0 aromatic carbocycles. The molecule has 188 valence electrons. The summed E-state index contributed by atoms with van der Waals surface area (Å²) in [6.07, 6.45) is 2.30. The fraction of sp³-hybridized carbons (Fsp3) is 0.533. The average Bonchev–Trinajstić information content (AvgIpc) is 3.46. The Balaban J connectivity index is 1.38. The third-order valence-electron chi connectivity index (χ3n) is 4.87. The van der Waals surface area contributed by atoms with Gasteiger partial charge in [0.15, 0.2) is 6.04 Å². The third kappa shape index (κ3) is 5.77. The van der Waals surface area contributed by atoms with Crippen LogP contribution in [-0.4, -0.2) is 113 Å². The van der Waals surface area contributed by atoms with E-state index in [1.807, 2.05) is 0 Å². The molecular formula is C15H19N11O6S3. The number of carboxylic acid groups (broad SMARTS) is 1. The van der Waals surface area contributed by atoms with Gasteiger partial charge in [0.1, 0.15) is 24.3 Å². The molecule has 17 nitrogen and oxygen atoms in total. The van der Waals surface area contributed by atoms with Gasteiger partial charge in [-0.3, -0.25) is 9.59 Å². The summed E-state index contributed by atoms with van der Waals surface area (Å²) >= 11 is 2.39. The standard InChI is InChI=1S/C15H19N11O6S3/c1-35(31,32)17-2-3-25-15(19-21-23-25)34-6-8-5-33-13-10(12(28)26(13)11(8)14(29)30)18-9(27)4-24-7-16-20-22-24/h5,7,10-11,13,17H,2-4,6H2,1H3,(H,18,27)(H,29,30)/t10-,11?,13-/m1/s1. The number of sulfonamides is 1. The van der Waals surface area contributed by atoms with Gasteiger partial charge < -0.3 is 15.3 Å². The number of carbonyl (C=O) groups excluding carboxylic acids is 2. The number of carbonyl (C=O) groups is 3. The highest BCUT2D eigenvalue weighted by atomic mass is 32.2. The lowest BCUT2D eigenvalue weighted by atomic mass is 9.99. The van der Waals surface area contributed by atoms with Gasteiger partial charge in [0.25, 0.3) is 0 Å². The van der Waals surface area contributed by atoms with Gasteiger partial charge >= 0.3 is 5.97 Å². The molecule has 0 bridgehead atoms. The van der Waals surface area contributed by atoms with E-state index in [0.717, 1.165) is 18.0 Å². The Morgan fingerprint density at radius 1 is 1.29 bits per heavy atom. The van der Waals surface area contributed by atoms with E-state index in [-0.39, 0.29) is 25.4 Å². The van der Waals surface area contributed by atoms with Crippen molar-refractivity contribution in [2.75, 3.05) is 18.6 Å². The van der Waals surface area contributed by atoms with Crippen molar-refractivity contribution < 1.29 is 27.9 Å². The van der Waals surface area contributed by atoms with Crippen LogP contribution in [0.4, 0.5) is 0 Å². The summed E-state index contributed by atoms with van der Waals surface area (Å²) in [5, 5.41) is 35.6. The van der Waals surface area contributed by atoms with E-state index in [0.29, 0.717) is 10.7 Å². The van der Waals surface area contributed by atoms with Crippen LogP contribution in [0.3, 0.4) is 0 Å². The van der Waals surface area contributed by atoms with Gasteiger partial charge in [-0.05, 0) is 31.8 Å². The van der Waals surface area contributed by atoms with Gasteiger partial charge in [-0.25, -0.2) is 27.3 Å². The minimum atomic E-state index is -3.36. The molecule has 0 spiro atoms. The second-order valence-corrected chi connectivity index (χ2v) is 11.2. The van der Waals surface area contributed by atoms with E-state index >= 15 is 0 Å². The number of aromatic nitrogens is 8. The van der Waals surface area contributed by atoms with Crippen LogP contribution in [0.1, 0.15) is 0 Å². The Hall–Kier alpha value is -3.10. The molecule has 3 atom stereocenters. The summed E-state index contributed by atoms with van der Waals surface area (Å²) in [7, 11) is -3.36. The Morgan fingerprint density at radius 3 is 2.77 bits per heavy atom. The summed E-state index contributed by atoms with van der Waals surface area (Å²) in [4.78, 5) is 38.2. The molecule has 2 amide bonds. The highest BCUT2D eigenvalue weighted by molar-refractivity contribution is 8.03. The molecule has 2 aliphatic rings. The molecule has 20 heteroatoms. The fourth-order valence-electron chi connectivity index (χ4n) is 3.37. The molecule has 1 saturated heterocycles. The quantitative estimate of drug-likeness (QED) is 0.186. The van der Waals surface area contributed by atoms with Crippen molar-refractivity contribution in [2.45, 2.75) is 35.7 Å². The minimum absolute atomic E-state index is 0.0816. The maximum atomic E-state index is 12.7. The molecule has 0 radical (unpaired) electrons. The number of carboxylic acids is 1. The minimum Gasteiger partial charge on any atom is -0.479 e. The first kappa shape index (κ1) is 25.0. The van der Waals surface area contributed by atoms with Crippen molar-refractivity contribution in [3.8, 4) is 0 Å². The first-order valence-corrected chi connectivity index (χ1v) is 13.7. The van der Waals surface area contributed by atoms with Crippen LogP contribution in [0.2, 0.25) is 0 Å². The van der Waals surface area contributed by atoms with Crippen LogP contribution in [0.5, 0.6) is 0 Å². The summed E-state index contributed by atoms with van der Waals surface area (Å²) < 4.78 is 27.4. The molecule has 1 fully saturated rings. The Bertz CT molecular complexity index is 1250. The van der Waals surface area contributed by atoms with Crippen molar-refractivity contribution in [3.63, 3.8) is 0 Å². The summed E-state index contributed by atoms with van der Waals surface area (Å²) in [6, 6.07) is -2.07. The SMILES string of the molecule is CS(=O)(=O)NCCn1nnnc1SCC1=CS[C@@H]2[C@H](NC(=O)Cn3cnnn3)C(=O)N2C1C(=O)O. The average molecular weight is 546 g/mol. The third-order valence-corrected chi connectivity index (χ3v) is 7.84. The first-order valence-electron chi connectivity index (χ1n) is 9.87. The van der Waals surface area contributed by atoms with Crippen molar-refractivity contribution in [3.05, 3.63) is 17.3 Å². The van der Waals surface area contributed by atoms with Gasteiger partial charge in [0, 0.05) is 12.3 Å². The van der Waals surface area contributed by atoms with Crippen molar-refractivity contribution in [1.29, 1.82) is 0 Å². The molecule has 3 N–H and O–H groups in total. The summed E-state index contributed by atoms with van der Waals surface area (Å²) in [5.74, 6) is -2.01. The Labute approximate surface area is 206 Å². The van der Waals surface area contributed by atoms with Crippen molar-refractivity contribution in [2.24, 2.45) is 0 Å². The molecule has 35 heavy (non-hydrogen) atoms. The van der Waals surface area contributed by atoms with E-state index in [9.17, 15) is 27.9 Å². The van der Waals surface area contributed by atoms with Gasteiger partial charge in [-0.2, -0.15) is 0 Å². The smallest absolute Gasteiger partial charge is 0.330 e. The monoisotopic (exact) mass is 545 g/mol. The summed E-state index contributed by atoms with van der Waals surface area (Å²) in [5.41, 5.74) is 0.458. The lowest BCUT2D eigenvalue weighted by Crippen LogP contribution is -2.74.